The van der Waals surface area contributed by atoms with Gasteiger partial charge in [-0.2, -0.15) is 0 Å². The largest absolute Gasteiger partial charge is 0.481 e. The highest BCUT2D eigenvalue weighted by molar-refractivity contribution is 6.35. The van der Waals surface area contributed by atoms with Crippen LogP contribution in [0.5, 0.6) is 0 Å². The van der Waals surface area contributed by atoms with Crippen LogP contribution in [0.1, 0.15) is 18.4 Å². The molecule has 1 aromatic carbocycles. The molecule has 3 rings (SSSR count). The molecule has 0 heterocycles. The molecule has 0 bridgehead atoms. The summed E-state index contributed by atoms with van der Waals surface area (Å²) in [5, 5.41) is 10.0. The third kappa shape index (κ3) is 2.47. The SMILES string of the molecule is N[C@@]1(C(=O)OCc2ccc(Cl)cc2Cl)CC[C@H]2[C@H](C(=O)O)[C@H]21. The summed E-state index contributed by atoms with van der Waals surface area (Å²) in [6.45, 7) is -0.0110. The lowest BCUT2D eigenvalue weighted by atomic mass is 9.91. The van der Waals surface area contributed by atoms with Gasteiger partial charge in [0.15, 0.2) is 0 Å². The summed E-state index contributed by atoms with van der Waals surface area (Å²) in [6, 6.07) is 4.90. The van der Waals surface area contributed by atoms with Crippen LogP contribution in [0.3, 0.4) is 0 Å². The van der Waals surface area contributed by atoms with E-state index in [4.69, 9.17) is 38.8 Å². The van der Waals surface area contributed by atoms with Crippen LogP contribution in [0.2, 0.25) is 10.0 Å². The number of ether oxygens (including phenoxy) is 1. The van der Waals surface area contributed by atoms with Crippen molar-refractivity contribution in [2.45, 2.75) is 25.0 Å². The molecule has 0 radical (unpaired) electrons. The Kier molecular flexibility index (Phi) is 3.83. The molecule has 118 valence electrons. The number of carboxylic acid groups (broad SMARTS) is 1. The van der Waals surface area contributed by atoms with Gasteiger partial charge in [-0.15, -0.1) is 0 Å². The van der Waals surface area contributed by atoms with Crippen molar-refractivity contribution in [3.8, 4) is 0 Å². The van der Waals surface area contributed by atoms with Gasteiger partial charge in [0, 0.05) is 21.5 Å². The van der Waals surface area contributed by atoms with E-state index in [-0.39, 0.29) is 18.4 Å². The van der Waals surface area contributed by atoms with Crippen molar-refractivity contribution in [3.63, 3.8) is 0 Å². The van der Waals surface area contributed by atoms with E-state index in [0.717, 1.165) is 0 Å². The fraction of sp³-hybridized carbons (Fsp3) is 0.467. The summed E-state index contributed by atoms with van der Waals surface area (Å²) in [7, 11) is 0. The molecule has 0 unspecified atom stereocenters. The topological polar surface area (TPSA) is 89.6 Å². The molecule has 0 spiro atoms. The maximum atomic E-state index is 12.3. The van der Waals surface area contributed by atoms with Gasteiger partial charge in [-0.3, -0.25) is 9.59 Å². The van der Waals surface area contributed by atoms with E-state index in [1.54, 1.807) is 18.2 Å². The molecule has 2 aliphatic rings. The van der Waals surface area contributed by atoms with E-state index < -0.39 is 23.4 Å². The van der Waals surface area contributed by atoms with Gasteiger partial charge in [0.05, 0.1) is 5.92 Å². The molecule has 1 aromatic rings. The van der Waals surface area contributed by atoms with Crippen molar-refractivity contribution in [1.82, 2.24) is 0 Å². The molecule has 3 N–H and O–H groups in total. The fourth-order valence-electron chi connectivity index (χ4n) is 3.50. The highest BCUT2D eigenvalue weighted by Gasteiger charge is 2.70. The standard InChI is InChI=1S/C15H15Cl2NO4/c16-8-2-1-7(10(17)5-8)6-22-14(21)15(18)4-3-9-11(12(9)15)13(19)20/h1-2,5,9,11-12H,3-4,6,18H2,(H,19,20)/t9-,11-,12-,15-/m0/s1. The Bertz CT molecular complexity index is 650. The second kappa shape index (κ2) is 5.41. The van der Waals surface area contributed by atoms with Gasteiger partial charge in [0.2, 0.25) is 0 Å². The second-order valence-corrected chi connectivity index (χ2v) is 6.79. The normalized spacial score (nSPS) is 32.4. The number of hydrogen-bond acceptors (Lipinski definition) is 4. The zero-order chi connectivity index (χ0) is 16.1. The summed E-state index contributed by atoms with van der Waals surface area (Å²) < 4.78 is 5.28. The fourth-order valence-corrected chi connectivity index (χ4v) is 3.96. The molecule has 2 saturated carbocycles. The molecule has 5 nitrogen and oxygen atoms in total. The quantitative estimate of drug-likeness (QED) is 0.819. The number of hydrogen-bond donors (Lipinski definition) is 2. The summed E-state index contributed by atoms with van der Waals surface area (Å²) in [5.74, 6) is -2.30. The van der Waals surface area contributed by atoms with Gasteiger partial charge >= 0.3 is 11.9 Å². The van der Waals surface area contributed by atoms with Crippen molar-refractivity contribution < 1.29 is 19.4 Å². The maximum Gasteiger partial charge on any atom is 0.326 e. The first-order valence-electron chi connectivity index (χ1n) is 6.97. The first kappa shape index (κ1) is 15.6. The summed E-state index contributed by atoms with van der Waals surface area (Å²) in [5.41, 5.74) is 5.58. The average molecular weight is 344 g/mol. The summed E-state index contributed by atoms with van der Waals surface area (Å²) in [6.07, 6.45) is 1.11. The third-order valence-electron chi connectivity index (χ3n) is 4.69. The van der Waals surface area contributed by atoms with Gasteiger partial charge < -0.3 is 15.6 Å². The zero-order valence-electron chi connectivity index (χ0n) is 11.6. The lowest BCUT2D eigenvalue weighted by Gasteiger charge is -2.24. The number of fused-ring (bicyclic) bond motifs is 1. The molecule has 22 heavy (non-hydrogen) atoms. The van der Waals surface area contributed by atoms with Gasteiger partial charge in [0.1, 0.15) is 12.1 Å². The van der Waals surface area contributed by atoms with Crippen LogP contribution >= 0.6 is 23.2 Å². The van der Waals surface area contributed by atoms with E-state index in [0.29, 0.717) is 28.5 Å². The number of nitrogens with two attached hydrogens (primary N) is 1. The number of carbonyl (C=O) groups excluding carboxylic acids is 1. The minimum atomic E-state index is -1.20. The maximum absolute atomic E-state index is 12.3. The van der Waals surface area contributed by atoms with Crippen LogP contribution in [0.4, 0.5) is 0 Å². The highest BCUT2D eigenvalue weighted by Crippen LogP contribution is 2.61. The number of halogens is 2. The van der Waals surface area contributed by atoms with E-state index in [1.807, 2.05) is 0 Å². The Balaban J connectivity index is 1.66. The Hall–Kier alpha value is -1.30. The molecule has 0 amide bonds. The number of rotatable bonds is 4. The number of carboxylic acids is 1. The Morgan fingerprint density at radius 2 is 2.14 bits per heavy atom. The first-order chi connectivity index (χ1) is 10.3. The zero-order valence-corrected chi connectivity index (χ0v) is 13.1. The molecule has 0 saturated heterocycles. The minimum absolute atomic E-state index is 0.00540. The third-order valence-corrected chi connectivity index (χ3v) is 5.28. The Labute approximate surface area is 137 Å². The molecule has 4 atom stereocenters. The molecule has 2 fully saturated rings. The van der Waals surface area contributed by atoms with E-state index in [9.17, 15) is 9.59 Å². The van der Waals surface area contributed by atoms with Crippen molar-refractivity contribution in [3.05, 3.63) is 33.8 Å². The van der Waals surface area contributed by atoms with Gasteiger partial charge in [-0.25, -0.2) is 0 Å². The van der Waals surface area contributed by atoms with Gasteiger partial charge in [-0.1, -0.05) is 29.3 Å². The first-order valence-corrected chi connectivity index (χ1v) is 7.73. The van der Waals surface area contributed by atoms with Crippen LogP contribution in [0, 0.1) is 17.8 Å². The van der Waals surface area contributed by atoms with Gasteiger partial charge in [0.25, 0.3) is 0 Å². The average Bonchev–Trinajstić information content (AvgIpc) is 3.10. The second-order valence-electron chi connectivity index (χ2n) is 5.94. The predicted octanol–water partition coefficient (Wildman–Crippen LogP) is 2.47. The molecule has 0 aliphatic heterocycles. The number of aliphatic carboxylic acids is 1. The lowest BCUT2D eigenvalue weighted by molar-refractivity contribution is -0.152. The van der Waals surface area contributed by atoms with Gasteiger partial charge in [-0.05, 0) is 30.9 Å². The van der Waals surface area contributed by atoms with Crippen LogP contribution in [0.15, 0.2) is 18.2 Å². The molecule has 7 heteroatoms. The van der Waals surface area contributed by atoms with Crippen molar-refractivity contribution in [2.75, 3.05) is 0 Å². The molecular weight excluding hydrogens is 329 g/mol. The predicted molar refractivity (Wildman–Crippen MR) is 80.5 cm³/mol. The van der Waals surface area contributed by atoms with Crippen LogP contribution in [-0.2, 0) is 20.9 Å². The highest BCUT2D eigenvalue weighted by atomic mass is 35.5. The molecule has 0 aromatic heterocycles. The summed E-state index contributed by atoms with van der Waals surface area (Å²) in [4.78, 5) is 23.4. The Morgan fingerprint density at radius 1 is 1.41 bits per heavy atom. The van der Waals surface area contributed by atoms with Crippen molar-refractivity contribution >= 4 is 35.1 Å². The monoisotopic (exact) mass is 343 g/mol. The Morgan fingerprint density at radius 3 is 2.73 bits per heavy atom. The molecular formula is C15H15Cl2NO4. The smallest absolute Gasteiger partial charge is 0.326 e. The van der Waals surface area contributed by atoms with Crippen LogP contribution in [-0.4, -0.2) is 22.6 Å². The van der Waals surface area contributed by atoms with E-state index >= 15 is 0 Å². The van der Waals surface area contributed by atoms with Crippen LogP contribution < -0.4 is 5.73 Å². The minimum Gasteiger partial charge on any atom is -0.481 e. The van der Waals surface area contributed by atoms with Crippen molar-refractivity contribution in [1.29, 1.82) is 0 Å². The van der Waals surface area contributed by atoms with Crippen LogP contribution in [0.25, 0.3) is 0 Å². The number of benzene rings is 1. The van der Waals surface area contributed by atoms with E-state index in [2.05, 4.69) is 0 Å². The lowest BCUT2D eigenvalue weighted by Crippen LogP contribution is -2.50. The van der Waals surface area contributed by atoms with E-state index in [1.165, 1.54) is 0 Å². The molecule has 2 aliphatic carbocycles. The summed E-state index contributed by atoms with van der Waals surface area (Å²) >= 11 is 11.8. The number of esters is 1. The number of carbonyl (C=O) groups is 2. The van der Waals surface area contributed by atoms with Crippen molar-refractivity contribution in [2.24, 2.45) is 23.5 Å².